The van der Waals surface area contributed by atoms with E-state index < -0.39 is 0 Å². The zero-order valence-electron chi connectivity index (χ0n) is 12.2. The van der Waals surface area contributed by atoms with Crippen LogP contribution in [-0.4, -0.2) is 17.4 Å². The van der Waals surface area contributed by atoms with E-state index in [-0.39, 0.29) is 17.1 Å². The van der Waals surface area contributed by atoms with Gasteiger partial charge in [0.25, 0.3) is 5.91 Å². The summed E-state index contributed by atoms with van der Waals surface area (Å²) in [5.74, 6) is 1.89. The molecule has 2 rings (SSSR count). The van der Waals surface area contributed by atoms with Crippen LogP contribution in [0.4, 0.5) is 5.82 Å². The number of carbonyl (C=O) groups is 1. The molecule has 6 heteroatoms. The van der Waals surface area contributed by atoms with E-state index in [1.54, 1.807) is 6.07 Å². The molecule has 0 bridgehead atoms. The normalized spacial score (nSPS) is 12.0. The summed E-state index contributed by atoms with van der Waals surface area (Å²) >= 11 is 5.94. The molecule has 1 atom stereocenters. The summed E-state index contributed by atoms with van der Waals surface area (Å²) in [6.45, 7) is 6.38. The summed E-state index contributed by atoms with van der Waals surface area (Å²) in [6.07, 6.45) is 0. The van der Waals surface area contributed by atoms with Crippen LogP contribution in [0.2, 0.25) is 5.15 Å². The minimum Gasteiger partial charge on any atom is -0.464 e. The van der Waals surface area contributed by atoms with Gasteiger partial charge in [0.1, 0.15) is 22.5 Å². The highest BCUT2D eigenvalue weighted by Gasteiger charge is 2.15. The average molecular weight is 308 g/mol. The van der Waals surface area contributed by atoms with E-state index in [2.05, 4.69) is 15.6 Å². The molecule has 0 saturated heterocycles. The fourth-order valence-electron chi connectivity index (χ4n) is 1.94. The van der Waals surface area contributed by atoms with Crippen molar-refractivity contribution in [3.05, 3.63) is 46.5 Å². The molecule has 21 heavy (non-hydrogen) atoms. The fraction of sp³-hybridized carbons (Fsp3) is 0.333. The molecular weight excluding hydrogens is 290 g/mol. The van der Waals surface area contributed by atoms with Gasteiger partial charge >= 0.3 is 0 Å². The van der Waals surface area contributed by atoms with Crippen molar-refractivity contribution in [2.75, 3.05) is 11.9 Å². The van der Waals surface area contributed by atoms with Gasteiger partial charge in [-0.15, -0.1) is 0 Å². The van der Waals surface area contributed by atoms with E-state index >= 15 is 0 Å². The molecule has 0 fully saturated rings. The van der Waals surface area contributed by atoms with Crippen molar-refractivity contribution in [3.8, 4) is 0 Å². The highest BCUT2D eigenvalue weighted by atomic mass is 35.5. The molecule has 0 aliphatic rings. The van der Waals surface area contributed by atoms with E-state index in [1.807, 2.05) is 32.9 Å². The number of hydrogen-bond donors (Lipinski definition) is 2. The van der Waals surface area contributed by atoms with Crippen molar-refractivity contribution >= 4 is 23.3 Å². The molecule has 0 aromatic carbocycles. The quantitative estimate of drug-likeness (QED) is 0.829. The van der Waals surface area contributed by atoms with Gasteiger partial charge in [-0.3, -0.25) is 4.79 Å². The van der Waals surface area contributed by atoms with Gasteiger partial charge in [-0.25, -0.2) is 4.98 Å². The SMILES string of the molecule is CCNc1cc(C(=O)NC(C)c2ccc(C)o2)cc(Cl)n1. The summed E-state index contributed by atoms with van der Waals surface area (Å²) in [5.41, 5.74) is 0.459. The number of furan rings is 1. The number of hydrogen-bond acceptors (Lipinski definition) is 4. The smallest absolute Gasteiger partial charge is 0.252 e. The van der Waals surface area contributed by atoms with Gasteiger partial charge in [-0.1, -0.05) is 11.6 Å². The van der Waals surface area contributed by atoms with E-state index in [0.29, 0.717) is 23.7 Å². The number of halogens is 1. The Morgan fingerprint density at radius 1 is 1.43 bits per heavy atom. The second-order valence-electron chi connectivity index (χ2n) is 4.74. The third-order valence-corrected chi connectivity index (χ3v) is 3.14. The molecule has 0 radical (unpaired) electrons. The summed E-state index contributed by atoms with van der Waals surface area (Å²) < 4.78 is 5.50. The van der Waals surface area contributed by atoms with E-state index in [1.165, 1.54) is 6.07 Å². The van der Waals surface area contributed by atoms with Crippen LogP contribution in [0.25, 0.3) is 0 Å². The lowest BCUT2D eigenvalue weighted by Gasteiger charge is -2.12. The molecule has 2 aromatic heterocycles. The maximum Gasteiger partial charge on any atom is 0.252 e. The second kappa shape index (κ2) is 6.63. The molecule has 2 heterocycles. The van der Waals surface area contributed by atoms with E-state index in [9.17, 15) is 4.79 Å². The topological polar surface area (TPSA) is 67.2 Å². The van der Waals surface area contributed by atoms with Crippen LogP contribution in [0.5, 0.6) is 0 Å². The molecule has 0 aliphatic carbocycles. The monoisotopic (exact) mass is 307 g/mol. The standard InChI is InChI=1S/C15H18ClN3O2/c1-4-17-14-8-11(7-13(16)19-14)15(20)18-10(3)12-6-5-9(2)21-12/h5-8,10H,4H2,1-3H3,(H,17,19)(H,18,20). The largest absolute Gasteiger partial charge is 0.464 e. The van der Waals surface area contributed by atoms with Crippen molar-refractivity contribution < 1.29 is 9.21 Å². The van der Waals surface area contributed by atoms with Crippen molar-refractivity contribution in [2.24, 2.45) is 0 Å². The summed E-state index contributed by atoms with van der Waals surface area (Å²) in [6, 6.07) is 6.71. The van der Waals surface area contributed by atoms with Gasteiger partial charge in [0.2, 0.25) is 0 Å². The van der Waals surface area contributed by atoms with Crippen LogP contribution < -0.4 is 10.6 Å². The summed E-state index contributed by atoms with van der Waals surface area (Å²) in [4.78, 5) is 16.4. The van der Waals surface area contributed by atoms with Gasteiger partial charge < -0.3 is 15.1 Å². The molecular formula is C15H18ClN3O2. The first-order chi connectivity index (χ1) is 9.99. The average Bonchev–Trinajstić information content (AvgIpc) is 2.85. The number of nitrogens with zero attached hydrogens (tertiary/aromatic N) is 1. The van der Waals surface area contributed by atoms with Crippen molar-refractivity contribution in [1.29, 1.82) is 0 Å². The molecule has 112 valence electrons. The third kappa shape index (κ3) is 3.98. The lowest BCUT2D eigenvalue weighted by atomic mass is 10.2. The van der Waals surface area contributed by atoms with Crippen LogP contribution >= 0.6 is 11.6 Å². The zero-order chi connectivity index (χ0) is 15.4. The molecule has 0 spiro atoms. The molecule has 0 saturated carbocycles. The number of aromatic nitrogens is 1. The third-order valence-electron chi connectivity index (χ3n) is 2.95. The molecule has 2 N–H and O–H groups in total. The maximum absolute atomic E-state index is 12.3. The van der Waals surface area contributed by atoms with Gasteiger partial charge in [-0.2, -0.15) is 0 Å². The van der Waals surface area contributed by atoms with Crippen molar-refractivity contribution in [2.45, 2.75) is 26.8 Å². The van der Waals surface area contributed by atoms with Gasteiger partial charge in [0, 0.05) is 12.1 Å². The number of amides is 1. The zero-order valence-corrected chi connectivity index (χ0v) is 13.0. The van der Waals surface area contributed by atoms with Crippen LogP contribution in [0, 0.1) is 6.92 Å². The lowest BCUT2D eigenvalue weighted by Crippen LogP contribution is -2.26. The number of carbonyl (C=O) groups excluding carboxylic acids is 1. The fourth-order valence-corrected chi connectivity index (χ4v) is 2.15. The lowest BCUT2D eigenvalue weighted by molar-refractivity contribution is 0.0935. The highest BCUT2D eigenvalue weighted by Crippen LogP contribution is 2.18. The Morgan fingerprint density at radius 3 is 2.81 bits per heavy atom. The van der Waals surface area contributed by atoms with E-state index in [0.717, 1.165) is 5.76 Å². The molecule has 2 aromatic rings. The van der Waals surface area contributed by atoms with Crippen LogP contribution in [-0.2, 0) is 0 Å². The molecule has 1 amide bonds. The van der Waals surface area contributed by atoms with Crippen LogP contribution in [0.3, 0.4) is 0 Å². The number of rotatable bonds is 5. The first-order valence-electron chi connectivity index (χ1n) is 6.78. The van der Waals surface area contributed by atoms with Crippen LogP contribution in [0.15, 0.2) is 28.7 Å². The Balaban J connectivity index is 2.12. The Morgan fingerprint density at radius 2 is 2.19 bits per heavy atom. The first-order valence-corrected chi connectivity index (χ1v) is 7.16. The number of aryl methyl sites for hydroxylation is 1. The number of nitrogens with one attached hydrogen (secondary N) is 2. The van der Waals surface area contributed by atoms with Crippen molar-refractivity contribution in [3.63, 3.8) is 0 Å². The number of pyridine rings is 1. The number of anilines is 1. The van der Waals surface area contributed by atoms with Crippen molar-refractivity contribution in [1.82, 2.24) is 10.3 Å². The summed E-state index contributed by atoms with van der Waals surface area (Å²) in [7, 11) is 0. The van der Waals surface area contributed by atoms with Gasteiger partial charge in [0.15, 0.2) is 0 Å². The minimum atomic E-state index is -0.222. The minimum absolute atomic E-state index is 0.222. The predicted octanol–water partition coefficient (Wildman–Crippen LogP) is 3.56. The second-order valence-corrected chi connectivity index (χ2v) is 5.12. The Bertz CT molecular complexity index is 640. The molecule has 0 aliphatic heterocycles. The Kier molecular flexibility index (Phi) is 4.85. The van der Waals surface area contributed by atoms with Gasteiger partial charge in [0.05, 0.1) is 6.04 Å². The maximum atomic E-state index is 12.3. The Hall–Kier alpha value is -2.01. The summed E-state index contributed by atoms with van der Waals surface area (Å²) in [5, 5.41) is 6.19. The van der Waals surface area contributed by atoms with Gasteiger partial charge in [-0.05, 0) is 45.0 Å². The Labute approximate surface area is 128 Å². The molecule has 5 nitrogen and oxygen atoms in total. The molecule has 1 unspecified atom stereocenters. The van der Waals surface area contributed by atoms with Crippen LogP contribution in [0.1, 0.15) is 41.8 Å². The highest BCUT2D eigenvalue weighted by molar-refractivity contribution is 6.29. The first kappa shape index (κ1) is 15.4. The van der Waals surface area contributed by atoms with E-state index in [4.69, 9.17) is 16.0 Å². The predicted molar refractivity (Wildman–Crippen MR) is 82.7 cm³/mol.